The molecule has 0 radical (unpaired) electrons. The molecule has 0 spiro atoms. The molecule has 3 aromatic rings. The van der Waals surface area contributed by atoms with Crippen LogP contribution >= 0.6 is 0 Å². The summed E-state index contributed by atoms with van der Waals surface area (Å²) < 4.78 is 0. The molecule has 0 aliphatic rings. The molecule has 116 valence electrons. The second-order valence-corrected chi connectivity index (χ2v) is 5.74. The lowest BCUT2D eigenvalue weighted by molar-refractivity contribution is 0.102. The van der Waals surface area contributed by atoms with Gasteiger partial charge < -0.3 is 10.6 Å². The summed E-state index contributed by atoms with van der Waals surface area (Å²) >= 11 is 0. The molecule has 1 amide bonds. The topological polar surface area (TPSA) is 54.0 Å². The van der Waals surface area contributed by atoms with Crippen LogP contribution in [0.5, 0.6) is 0 Å². The molecule has 2 aromatic carbocycles. The van der Waals surface area contributed by atoms with Crippen LogP contribution in [0.2, 0.25) is 0 Å². The summed E-state index contributed by atoms with van der Waals surface area (Å²) in [5, 5.41) is 7.24. The van der Waals surface area contributed by atoms with Crippen molar-refractivity contribution in [2.75, 3.05) is 10.6 Å². The van der Waals surface area contributed by atoms with Crippen LogP contribution in [0.15, 0.2) is 60.8 Å². The first-order valence-electron chi connectivity index (χ1n) is 7.64. The Balaban J connectivity index is 1.80. The van der Waals surface area contributed by atoms with Crippen LogP contribution in [0.1, 0.15) is 24.2 Å². The van der Waals surface area contributed by atoms with Gasteiger partial charge in [0.05, 0.1) is 5.52 Å². The molecule has 0 fully saturated rings. The van der Waals surface area contributed by atoms with Crippen LogP contribution < -0.4 is 10.6 Å². The molecular formula is C19H19N3O. The minimum atomic E-state index is -0.124. The van der Waals surface area contributed by atoms with E-state index in [-0.39, 0.29) is 5.91 Å². The van der Waals surface area contributed by atoms with Crippen LogP contribution in [0.4, 0.5) is 11.4 Å². The van der Waals surface area contributed by atoms with Gasteiger partial charge in [-0.15, -0.1) is 0 Å². The van der Waals surface area contributed by atoms with Crippen molar-refractivity contribution in [1.82, 2.24) is 4.98 Å². The highest BCUT2D eigenvalue weighted by Crippen LogP contribution is 2.18. The van der Waals surface area contributed by atoms with Gasteiger partial charge >= 0.3 is 0 Å². The van der Waals surface area contributed by atoms with Crippen molar-refractivity contribution in [1.29, 1.82) is 0 Å². The van der Waals surface area contributed by atoms with Gasteiger partial charge in [0.1, 0.15) is 0 Å². The number of nitrogens with one attached hydrogen (secondary N) is 2. The zero-order chi connectivity index (χ0) is 16.2. The van der Waals surface area contributed by atoms with Gasteiger partial charge in [-0.25, -0.2) is 0 Å². The van der Waals surface area contributed by atoms with E-state index in [0.717, 1.165) is 22.3 Å². The monoisotopic (exact) mass is 305 g/mol. The number of amides is 1. The van der Waals surface area contributed by atoms with Crippen molar-refractivity contribution in [2.45, 2.75) is 19.9 Å². The lowest BCUT2D eigenvalue weighted by Crippen LogP contribution is -2.14. The van der Waals surface area contributed by atoms with Gasteiger partial charge in [0, 0.05) is 34.6 Å². The molecule has 2 N–H and O–H groups in total. The quantitative estimate of drug-likeness (QED) is 0.755. The van der Waals surface area contributed by atoms with Crippen LogP contribution in [0, 0.1) is 0 Å². The number of rotatable bonds is 4. The highest BCUT2D eigenvalue weighted by atomic mass is 16.1. The molecule has 0 aliphatic heterocycles. The summed E-state index contributed by atoms with van der Waals surface area (Å²) in [6.07, 6.45) is 1.76. The second kappa shape index (κ2) is 6.48. The Labute approximate surface area is 135 Å². The highest BCUT2D eigenvalue weighted by molar-refractivity contribution is 6.05. The molecule has 3 rings (SSSR count). The van der Waals surface area contributed by atoms with Gasteiger partial charge in [-0.2, -0.15) is 0 Å². The van der Waals surface area contributed by atoms with Crippen LogP contribution in [-0.2, 0) is 0 Å². The van der Waals surface area contributed by atoms with Crippen LogP contribution in [-0.4, -0.2) is 16.9 Å². The summed E-state index contributed by atoms with van der Waals surface area (Å²) in [6.45, 7) is 4.13. The molecule has 1 heterocycles. The summed E-state index contributed by atoms with van der Waals surface area (Å²) in [5.41, 5.74) is 3.24. The second-order valence-electron chi connectivity index (χ2n) is 5.74. The van der Waals surface area contributed by atoms with Crippen molar-refractivity contribution in [3.05, 3.63) is 66.4 Å². The molecule has 0 aliphatic carbocycles. The fourth-order valence-electron chi connectivity index (χ4n) is 2.44. The Bertz CT molecular complexity index is 843. The maximum absolute atomic E-state index is 12.4. The Hall–Kier alpha value is -2.88. The first kappa shape index (κ1) is 15.0. The van der Waals surface area contributed by atoms with Crippen molar-refractivity contribution >= 4 is 28.2 Å². The third-order valence-corrected chi connectivity index (χ3v) is 3.44. The van der Waals surface area contributed by atoms with Crippen molar-refractivity contribution in [3.8, 4) is 0 Å². The number of carbonyl (C=O) groups is 1. The minimum absolute atomic E-state index is 0.124. The predicted octanol–water partition coefficient (Wildman–Crippen LogP) is 4.31. The Kier molecular flexibility index (Phi) is 4.24. The standard InChI is InChI=1S/C19H19N3O/c1-13(2)21-16-7-3-5-15(12-16)19(23)22-17-8-9-18-14(11-17)6-4-10-20-18/h3-13,21H,1-2H3,(H,22,23). The number of aromatic nitrogens is 1. The average Bonchev–Trinajstić information content (AvgIpc) is 2.54. The molecule has 0 bridgehead atoms. The third-order valence-electron chi connectivity index (χ3n) is 3.44. The highest BCUT2D eigenvalue weighted by Gasteiger charge is 2.08. The summed E-state index contributed by atoms with van der Waals surface area (Å²) in [7, 11) is 0. The number of fused-ring (bicyclic) bond motifs is 1. The number of pyridine rings is 1. The SMILES string of the molecule is CC(C)Nc1cccc(C(=O)Nc2ccc3ncccc3c2)c1. The van der Waals surface area contributed by atoms with E-state index in [1.165, 1.54) is 0 Å². The number of hydrogen-bond donors (Lipinski definition) is 2. The van der Waals surface area contributed by atoms with Crippen molar-refractivity contribution in [3.63, 3.8) is 0 Å². The van der Waals surface area contributed by atoms with Gasteiger partial charge in [0.25, 0.3) is 5.91 Å². The van der Waals surface area contributed by atoms with Gasteiger partial charge in [0.2, 0.25) is 0 Å². The lowest BCUT2D eigenvalue weighted by Gasteiger charge is -2.11. The van der Waals surface area contributed by atoms with Crippen molar-refractivity contribution in [2.24, 2.45) is 0 Å². The van der Waals surface area contributed by atoms with E-state index >= 15 is 0 Å². The van der Waals surface area contributed by atoms with E-state index in [1.54, 1.807) is 6.20 Å². The van der Waals surface area contributed by atoms with Gasteiger partial charge in [-0.3, -0.25) is 9.78 Å². The number of anilines is 2. The minimum Gasteiger partial charge on any atom is -0.383 e. The van der Waals surface area contributed by atoms with E-state index in [0.29, 0.717) is 11.6 Å². The molecule has 0 saturated heterocycles. The summed E-state index contributed by atoms with van der Waals surface area (Å²) in [5.74, 6) is -0.124. The predicted molar refractivity (Wildman–Crippen MR) is 94.9 cm³/mol. The molecule has 0 saturated carbocycles. The van der Waals surface area contributed by atoms with E-state index in [1.807, 2.05) is 54.6 Å². The fourth-order valence-corrected chi connectivity index (χ4v) is 2.44. The maximum Gasteiger partial charge on any atom is 0.255 e. The number of nitrogens with zero attached hydrogens (tertiary/aromatic N) is 1. The van der Waals surface area contributed by atoms with E-state index < -0.39 is 0 Å². The maximum atomic E-state index is 12.4. The smallest absolute Gasteiger partial charge is 0.255 e. The van der Waals surface area contributed by atoms with E-state index in [2.05, 4.69) is 29.5 Å². The van der Waals surface area contributed by atoms with Gasteiger partial charge in [-0.1, -0.05) is 12.1 Å². The van der Waals surface area contributed by atoms with Crippen LogP contribution in [0.25, 0.3) is 10.9 Å². The molecule has 0 atom stereocenters. The number of carbonyl (C=O) groups excluding carboxylic acids is 1. The van der Waals surface area contributed by atoms with Gasteiger partial charge in [-0.05, 0) is 56.3 Å². The molecule has 4 heteroatoms. The van der Waals surface area contributed by atoms with Gasteiger partial charge in [0.15, 0.2) is 0 Å². The third kappa shape index (κ3) is 3.66. The van der Waals surface area contributed by atoms with E-state index in [9.17, 15) is 4.79 Å². The first-order valence-corrected chi connectivity index (χ1v) is 7.64. The Morgan fingerprint density at radius 3 is 2.70 bits per heavy atom. The molecular weight excluding hydrogens is 286 g/mol. The fraction of sp³-hybridized carbons (Fsp3) is 0.158. The normalized spacial score (nSPS) is 10.7. The first-order chi connectivity index (χ1) is 11.1. The Morgan fingerprint density at radius 2 is 1.87 bits per heavy atom. The lowest BCUT2D eigenvalue weighted by atomic mass is 10.1. The van der Waals surface area contributed by atoms with Crippen LogP contribution in [0.3, 0.4) is 0 Å². The largest absolute Gasteiger partial charge is 0.383 e. The molecule has 1 aromatic heterocycles. The number of benzene rings is 2. The molecule has 0 unspecified atom stereocenters. The molecule has 23 heavy (non-hydrogen) atoms. The van der Waals surface area contributed by atoms with Crippen molar-refractivity contribution < 1.29 is 4.79 Å². The summed E-state index contributed by atoms with van der Waals surface area (Å²) in [6, 6.07) is 17.4. The zero-order valence-corrected chi connectivity index (χ0v) is 13.2. The number of hydrogen-bond acceptors (Lipinski definition) is 3. The van der Waals surface area contributed by atoms with E-state index in [4.69, 9.17) is 0 Å². The Morgan fingerprint density at radius 1 is 1.00 bits per heavy atom. The zero-order valence-electron chi connectivity index (χ0n) is 13.2. The summed E-state index contributed by atoms with van der Waals surface area (Å²) in [4.78, 5) is 16.7. The average molecular weight is 305 g/mol. The molecule has 4 nitrogen and oxygen atoms in total.